The molecule has 0 unspecified atom stereocenters. The molecule has 118 valence electrons. The lowest BCUT2D eigenvalue weighted by Gasteiger charge is -2.14. The highest BCUT2D eigenvalue weighted by Crippen LogP contribution is 2.38. The zero-order valence-corrected chi connectivity index (χ0v) is 13.1. The topological polar surface area (TPSA) is 73.1 Å². The predicted octanol–water partition coefficient (Wildman–Crippen LogP) is 3.38. The number of rotatable bonds is 3. The number of fused-ring (bicyclic) bond motifs is 1. The summed E-state index contributed by atoms with van der Waals surface area (Å²) in [5, 5.41) is 3.83. The molecule has 0 fully saturated rings. The molecular weight excluding hydrogens is 295 g/mol. The minimum atomic E-state index is -0.444. The summed E-state index contributed by atoms with van der Waals surface area (Å²) in [6.07, 6.45) is 0. The molecule has 0 saturated carbocycles. The number of methoxy groups -OCH3 is 1. The lowest BCUT2D eigenvalue weighted by atomic mass is 9.98. The van der Waals surface area contributed by atoms with Gasteiger partial charge in [-0.2, -0.15) is 0 Å². The van der Waals surface area contributed by atoms with E-state index in [0.717, 1.165) is 10.9 Å². The molecule has 6 heteroatoms. The van der Waals surface area contributed by atoms with Crippen molar-refractivity contribution in [3.63, 3.8) is 0 Å². The van der Waals surface area contributed by atoms with Gasteiger partial charge in [0.25, 0.3) is 0 Å². The summed E-state index contributed by atoms with van der Waals surface area (Å²) >= 11 is 0. The third-order valence-electron chi connectivity index (χ3n) is 3.69. The maximum atomic E-state index is 14.1. The molecule has 0 aliphatic carbocycles. The number of hydrogen-bond acceptors (Lipinski definition) is 5. The van der Waals surface area contributed by atoms with Crippen LogP contribution in [0.2, 0.25) is 0 Å². The van der Waals surface area contributed by atoms with Crippen molar-refractivity contribution in [3.05, 3.63) is 42.0 Å². The Hall–Kier alpha value is -2.89. The van der Waals surface area contributed by atoms with Gasteiger partial charge in [0, 0.05) is 18.3 Å². The van der Waals surface area contributed by atoms with E-state index < -0.39 is 5.82 Å². The largest absolute Gasteiger partial charge is 0.494 e. The first-order valence-corrected chi connectivity index (χ1v) is 7.13. The third kappa shape index (κ3) is 2.52. The number of benzene rings is 2. The molecule has 3 rings (SSSR count). The molecule has 23 heavy (non-hydrogen) atoms. The molecule has 0 aliphatic rings. The normalized spacial score (nSPS) is 10.8. The Morgan fingerprint density at radius 1 is 1.17 bits per heavy atom. The molecule has 3 aromatic rings. The molecule has 0 amide bonds. The van der Waals surface area contributed by atoms with E-state index in [1.807, 2.05) is 13.0 Å². The lowest BCUT2D eigenvalue weighted by Crippen LogP contribution is -2.02. The van der Waals surface area contributed by atoms with Gasteiger partial charge in [0.2, 0.25) is 0 Å². The van der Waals surface area contributed by atoms with E-state index in [4.69, 9.17) is 10.5 Å². The number of halogens is 1. The first-order valence-electron chi connectivity index (χ1n) is 7.13. The molecule has 1 aromatic heterocycles. The van der Waals surface area contributed by atoms with Gasteiger partial charge in [0.1, 0.15) is 11.6 Å². The van der Waals surface area contributed by atoms with Crippen molar-refractivity contribution in [1.29, 1.82) is 0 Å². The maximum Gasteiger partial charge on any atom is 0.165 e. The fraction of sp³-hybridized carbons (Fsp3) is 0.176. The van der Waals surface area contributed by atoms with Crippen molar-refractivity contribution in [2.24, 2.45) is 0 Å². The van der Waals surface area contributed by atoms with Gasteiger partial charge in [0.05, 0.1) is 18.0 Å². The predicted molar refractivity (Wildman–Crippen MR) is 90.2 cm³/mol. The maximum absolute atomic E-state index is 14.1. The van der Waals surface area contributed by atoms with Gasteiger partial charge in [-0.15, -0.1) is 0 Å². The molecule has 0 saturated heterocycles. The minimum absolute atomic E-state index is 0.188. The van der Waals surface area contributed by atoms with Crippen LogP contribution < -0.4 is 15.8 Å². The zero-order chi connectivity index (χ0) is 16.6. The Bertz CT molecular complexity index is 895. The standard InChI is InChI=1S/C17H17FN4O/c1-9-21-13-6-5-12(19)15(16(13)17(20-2)22-9)10-4-7-14(23-3)11(18)8-10/h4-8H,19H2,1-3H3,(H,20,21,22). The SMILES string of the molecule is CNc1nc(C)nc2ccc(N)c(-c3ccc(OC)c(F)c3)c12. The fourth-order valence-electron chi connectivity index (χ4n) is 2.67. The lowest BCUT2D eigenvalue weighted by molar-refractivity contribution is 0.386. The van der Waals surface area contributed by atoms with Crippen molar-refractivity contribution in [3.8, 4) is 16.9 Å². The number of nitrogens with two attached hydrogens (primary N) is 1. The number of nitrogens with one attached hydrogen (secondary N) is 1. The summed E-state index contributed by atoms with van der Waals surface area (Å²) in [5.41, 5.74) is 8.80. The van der Waals surface area contributed by atoms with Crippen LogP contribution >= 0.6 is 0 Å². The van der Waals surface area contributed by atoms with Crippen molar-refractivity contribution >= 4 is 22.4 Å². The van der Waals surface area contributed by atoms with E-state index in [9.17, 15) is 4.39 Å². The van der Waals surface area contributed by atoms with Crippen LogP contribution in [0.25, 0.3) is 22.0 Å². The third-order valence-corrected chi connectivity index (χ3v) is 3.69. The highest BCUT2D eigenvalue weighted by molar-refractivity contribution is 6.06. The van der Waals surface area contributed by atoms with Gasteiger partial charge >= 0.3 is 0 Å². The van der Waals surface area contributed by atoms with Crippen LogP contribution in [0.3, 0.4) is 0 Å². The van der Waals surface area contributed by atoms with Gasteiger partial charge in [0.15, 0.2) is 11.6 Å². The average molecular weight is 312 g/mol. The smallest absolute Gasteiger partial charge is 0.165 e. The van der Waals surface area contributed by atoms with E-state index in [2.05, 4.69) is 15.3 Å². The first kappa shape index (κ1) is 15.0. The minimum Gasteiger partial charge on any atom is -0.494 e. The second-order valence-corrected chi connectivity index (χ2v) is 5.14. The number of nitrogen functional groups attached to an aromatic ring is 1. The zero-order valence-electron chi connectivity index (χ0n) is 13.1. The van der Waals surface area contributed by atoms with Crippen LogP contribution in [0, 0.1) is 12.7 Å². The van der Waals surface area contributed by atoms with Gasteiger partial charge in [-0.1, -0.05) is 6.07 Å². The molecule has 0 spiro atoms. The van der Waals surface area contributed by atoms with Gasteiger partial charge in [-0.25, -0.2) is 14.4 Å². The summed E-state index contributed by atoms with van der Waals surface area (Å²) in [7, 11) is 3.21. The second kappa shape index (κ2) is 5.72. The summed E-state index contributed by atoms with van der Waals surface area (Å²) in [4.78, 5) is 8.85. The van der Waals surface area contributed by atoms with Crippen LogP contribution in [-0.2, 0) is 0 Å². The fourth-order valence-corrected chi connectivity index (χ4v) is 2.67. The van der Waals surface area contributed by atoms with E-state index >= 15 is 0 Å². The quantitative estimate of drug-likeness (QED) is 0.725. The first-order chi connectivity index (χ1) is 11.0. The number of hydrogen-bond donors (Lipinski definition) is 2. The molecule has 0 atom stereocenters. The van der Waals surface area contributed by atoms with Crippen molar-refractivity contribution in [1.82, 2.24) is 9.97 Å². The Kier molecular flexibility index (Phi) is 3.73. The Morgan fingerprint density at radius 3 is 2.61 bits per heavy atom. The molecular formula is C17H17FN4O. The van der Waals surface area contributed by atoms with Gasteiger partial charge in [-0.05, 0) is 36.8 Å². The summed E-state index contributed by atoms with van der Waals surface area (Å²) in [6, 6.07) is 8.36. The number of aryl methyl sites for hydroxylation is 1. The molecule has 1 heterocycles. The molecule has 2 aromatic carbocycles. The van der Waals surface area contributed by atoms with Crippen molar-refractivity contribution in [2.75, 3.05) is 25.2 Å². The van der Waals surface area contributed by atoms with Crippen molar-refractivity contribution in [2.45, 2.75) is 6.92 Å². The Labute approximate surface area is 133 Å². The van der Waals surface area contributed by atoms with Crippen LogP contribution in [0.15, 0.2) is 30.3 Å². The highest BCUT2D eigenvalue weighted by atomic mass is 19.1. The molecule has 3 N–H and O–H groups in total. The molecule has 5 nitrogen and oxygen atoms in total. The van der Waals surface area contributed by atoms with E-state index in [1.165, 1.54) is 13.2 Å². The number of nitrogens with zero attached hydrogens (tertiary/aromatic N) is 2. The van der Waals surface area contributed by atoms with Crippen LogP contribution in [0.5, 0.6) is 5.75 Å². The highest BCUT2D eigenvalue weighted by Gasteiger charge is 2.16. The Morgan fingerprint density at radius 2 is 1.96 bits per heavy atom. The number of aromatic nitrogens is 2. The summed E-state index contributed by atoms with van der Waals surface area (Å²) in [6.45, 7) is 1.82. The van der Waals surface area contributed by atoms with Crippen LogP contribution in [-0.4, -0.2) is 24.1 Å². The van der Waals surface area contributed by atoms with Crippen LogP contribution in [0.4, 0.5) is 15.9 Å². The van der Waals surface area contributed by atoms with E-state index in [-0.39, 0.29) is 5.75 Å². The molecule has 0 aliphatic heterocycles. The van der Waals surface area contributed by atoms with Crippen LogP contribution in [0.1, 0.15) is 5.82 Å². The summed E-state index contributed by atoms with van der Waals surface area (Å²) in [5.74, 6) is 1.05. The van der Waals surface area contributed by atoms with E-state index in [0.29, 0.717) is 28.5 Å². The molecule has 0 radical (unpaired) electrons. The summed E-state index contributed by atoms with van der Waals surface area (Å²) < 4.78 is 19.1. The van der Waals surface area contributed by atoms with Gasteiger partial charge < -0.3 is 15.8 Å². The average Bonchev–Trinajstić information content (AvgIpc) is 2.54. The number of ether oxygens (including phenoxy) is 1. The van der Waals surface area contributed by atoms with Crippen molar-refractivity contribution < 1.29 is 9.13 Å². The van der Waals surface area contributed by atoms with E-state index in [1.54, 1.807) is 25.2 Å². The molecule has 0 bridgehead atoms. The Balaban J connectivity index is 2.36. The number of anilines is 2. The monoisotopic (exact) mass is 312 g/mol. The van der Waals surface area contributed by atoms with Gasteiger partial charge in [-0.3, -0.25) is 0 Å². The second-order valence-electron chi connectivity index (χ2n) is 5.14.